The fourth-order valence-corrected chi connectivity index (χ4v) is 3.48. The van der Waals surface area contributed by atoms with E-state index in [1.54, 1.807) is 0 Å². The van der Waals surface area contributed by atoms with Crippen LogP contribution in [-0.2, 0) is 4.74 Å². The molecule has 0 bridgehead atoms. The van der Waals surface area contributed by atoms with E-state index in [1.165, 1.54) is 57.8 Å². The molecule has 2 saturated carbocycles. The summed E-state index contributed by atoms with van der Waals surface area (Å²) >= 11 is 0. The Labute approximate surface area is 107 Å². The quantitative estimate of drug-likeness (QED) is 0.761. The van der Waals surface area contributed by atoms with Crippen molar-refractivity contribution in [3.05, 3.63) is 0 Å². The maximum Gasteiger partial charge on any atom is 0.0731 e. The Morgan fingerprint density at radius 3 is 2.24 bits per heavy atom. The molecule has 0 aromatic carbocycles. The molecule has 4 atom stereocenters. The predicted molar refractivity (Wildman–Crippen MR) is 72.2 cm³/mol. The van der Waals surface area contributed by atoms with Gasteiger partial charge in [0.05, 0.1) is 12.2 Å². The van der Waals surface area contributed by atoms with Gasteiger partial charge in [0, 0.05) is 6.04 Å². The van der Waals surface area contributed by atoms with E-state index >= 15 is 0 Å². The van der Waals surface area contributed by atoms with Crippen molar-refractivity contribution in [2.75, 3.05) is 7.05 Å². The third-order valence-corrected chi connectivity index (χ3v) is 4.71. The summed E-state index contributed by atoms with van der Waals surface area (Å²) < 4.78 is 6.47. The average molecular weight is 239 g/mol. The molecule has 0 aliphatic heterocycles. The van der Waals surface area contributed by atoms with Crippen molar-refractivity contribution in [2.45, 2.75) is 83.0 Å². The number of likely N-dealkylation sites (N-methyl/N-ethyl adjacent to an activating group) is 1. The van der Waals surface area contributed by atoms with Crippen molar-refractivity contribution in [3.8, 4) is 0 Å². The zero-order valence-electron chi connectivity index (χ0n) is 11.6. The molecule has 2 nitrogen and oxygen atoms in total. The van der Waals surface area contributed by atoms with Gasteiger partial charge in [-0.2, -0.15) is 0 Å². The first-order valence-corrected chi connectivity index (χ1v) is 7.64. The standard InChI is InChI=1S/C15H29NO/c1-12-8-6-7-10-14(12)17-15-11-5-3-4-9-13(15)16-2/h12-16H,3-11H2,1-2H3. The summed E-state index contributed by atoms with van der Waals surface area (Å²) in [6, 6.07) is 0.589. The van der Waals surface area contributed by atoms with Crippen LogP contribution in [0.4, 0.5) is 0 Å². The molecule has 0 radical (unpaired) electrons. The van der Waals surface area contributed by atoms with E-state index in [1.807, 2.05) is 0 Å². The van der Waals surface area contributed by atoms with Crippen LogP contribution in [-0.4, -0.2) is 25.3 Å². The first-order valence-electron chi connectivity index (χ1n) is 7.64. The lowest BCUT2D eigenvalue weighted by Crippen LogP contribution is -2.42. The van der Waals surface area contributed by atoms with Crippen LogP contribution in [0, 0.1) is 5.92 Å². The van der Waals surface area contributed by atoms with Gasteiger partial charge in [0.15, 0.2) is 0 Å². The Balaban J connectivity index is 1.89. The van der Waals surface area contributed by atoms with Gasteiger partial charge in [-0.3, -0.25) is 0 Å². The highest BCUT2D eigenvalue weighted by atomic mass is 16.5. The lowest BCUT2D eigenvalue weighted by molar-refractivity contribution is -0.0712. The van der Waals surface area contributed by atoms with Crippen molar-refractivity contribution in [2.24, 2.45) is 5.92 Å². The smallest absolute Gasteiger partial charge is 0.0731 e. The van der Waals surface area contributed by atoms with Crippen LogP contribution in [0.25, 0.3) is 0 Å². The topological polar surface area (TPSA) is 21.3 Å². The molecule has 17 heavy (non-hydrogen) atoms. The minimum absolute atomic E-state index is 0.466. The Morgan fingerprint density at radius 1 is 0.824 bits per heavy atom. The van der Waals surface area contributed by atoms with Crippen LogP contribution < -0.4 is 5.32 Å². The van der Waals surface area contributed by atoms with E-state index in [9.17, 15) is 0 Å². The first kappa shape index (κ1) is 13.4. The number of ether oxygens (including phenoxy) is 1. The van der Waals surface area contributed by atoms with Crippen LogP contribution in [0.2, 0.25) is 0 Å². The van der Waals surface area contributed by atoms with E-state index in [0.717, 1.165) is 5.92 Å². The normalized spacial score (nSPS) is 39.9. The van der Waals surface area contributed by atoms with Crippen LogP contribution >= 0.6 is 0 Å². The molecular weight excluding hydrogens is 210 g/mol. The minimum Gasteiger partial charge on any atom is -0.373 e. The number of nitrogens with one attached hydrogen (secondary N) is 1. The van der Waals surface area contributed by atoms with Gasteiger partial charge < -0.3 is 10.1 Å². The summed E-state index contributed by atoms with van der Waals surface area (Å²) in [6.45, 7) is 2.37. The predicted octanol–water partition coefficient (Wildman–Crippen LogP) is 3.50. The number of hydrogen-bond acceptors (Lipinski definition) is 2. The summed E-state index contributed by atoms with van der Waals surface area (Å²) in [7, 11) is 2.09. The Morgan fingerprint density at radius 2 is 1.47 bits per heavy atom. The van der Waals surface area contributed by atoms with Crippen LogP contribution in [0.5, 0.6) is 0 Å². The van der Waals surface area contributed by atoms with E-state index in [2.05, 4.69) is 19.3 Å². The van der Waals surface area contributed by atoms with Gasteiger partial charge in [-0.25, -0.2) is 0 Å². The molecule has 0 aromatic heterocycles. The van der Waals surface area contributed by atoms with Gasteiger partial charge in [0.2, 0.25) is 0 Å². The summed E-state index contributed by atoms with van der Waals surface area (Å²) in [6.07, 6.45) is 13.1. The summed E-state index contributed by atoms with van der Waals surface area (Å²) in [5.41, 5.74) is 0. The molecule has 2 fully saturated rings. The fraction of sp³-hybridized carbons (Fsp3) is 1.00. The highest BCUT2D eigenvalue weighted by Gasteiger charge is 2.29. The second kappa shape index (κ2) is 6.75. The lowest BCUT2D eigenvalue weighted by Gasteiger charge is -2.35. The zero-order valence-corrected chi connectivity index (χ0v) is 11.6. The Kier molecular flexibility index (Phi) is 5.30. The average Bonchev–Trinajstić information content (AvgIpc) is 2.57. The molecule has 2 aliphatic rings. The summed E-state index contributed by atoms with van der Waals surface area (Å²) in [4.78, 5) is 0. The molecule has 0 aromatic rings. The van der Waals surface area contributed by atoms with Crippen LogP contribution in [0.15, 0.2) is 0 Å². The molecule has 0 amide bonds. The van der Waals surface area contributed by atoms with Crippen molar-refractivity contribution in [3.63, 3.8) is 0 Å². The number of hydrogen-bond donors (Lipinski definition) is 1. The second-order valence-corrected chi connectivity index (χ2v) is 6.01. The minimum atomic E-state index is 0.466. The highest BCUT2D eigenvalue weighted by Crippen LogP contribution is 2.30. The molecule has 100 valence electrons. The third-order valence-electron chi connectivity index (χ3n) is 4.71. The molecule has 2 aliphatic carbocycles. The third kappa shape index (κ3) is 3.69. The van der Waals surface area contributed by atoms with E-state index in [0.29, 0.717) is 18.2 Å². The Bertz CT molecular complexity index is 219. The van der Waals surface area contributed by atoms with Gasteiger partial charge >= 0.3 is 0 Å². The first-order chi connectivity index (χ1) is 8.31. The molecule has 0 saturated heterocycles. The monoisotopic (exact) mass is 239 g/mol. The molecule has 1 N–H and O–H groups in total. The van der Waals surface area contributed by atoms with Gasteiger partial charge in [0.1, 0.15) is 0 Å². The Hall–Kier alpha value is -0.0800. The summed E-state index contributed by atoms with van der Waals surface area (Å²) in [5.74, 6) is 0.768. The van der Waals surface area contributed by atoms with Gasteiger partial charge in [-0.15, -0.1) is 0 Å². The highest BCUT2D eigenvalue weighted by molar-refractivity contribution is 4.82. The second-order valence-electron chi connectivity index (χ2n) is 6.01. The van der Waals surface area contributed by atoms with Crippen LogP contribution in [0.1, 0.15) is 64.7 Å². The van der Waals surface area contributed by atoms with Gasteiger partial charge in [0.25, 0.3) is 0 Å². The fourth-order valence-electron chi connectivity index (χ4n) is 3.48. The van der Waals surface area contributed by atoms with Crippen molar-refractivity contribution in [1.82, 2.24) is 5.32 Å². The molecule has 0 spiro atoms. The molecular formula is C15H29NO. The van der Waals surface area contributed by atoms with E-state index in [-0.39, 0.29) is 0 Å². The van der Waals surface area contributed by atoms with Crippen molar-refractivity contribution in [1.29, 1.82) is 0 Å². The summed E-state index contributed by atoms with van der Waals surface area (Å²) in [5, 5.41) is 3.47. The molecule has 2 heteroatoms. The van der Waals surface area contributed by atoms with E-state index < -0.39 is 0 Å². The molecule has 4 unspecified atom stereocenters. The molecule has 0 heterocycles. The van der Waals surface area contributed by atoms with Crippen molar-refractivity contribution >= 4 is 0 Å². The lowest BCUT2D eigenvalue weighted by atomic mass is 9.87. The zero-order chi connectivity index (χ0) is 12.1. The number of rotatable bonds is 3. The maximum atomic E-state index is 6.47. The SMILES string of the molecule is CNC1CCCCCC1OC1CCCCC1C. The van der Waals surface area contributed by atoms with Crippen LogP contribution in [0.3, 0.4) is 0 Å². The van der Waals surface area contributed by atoms with Gasteiger partial charge in [-0.05, 0) is 38.6 Å². The maximum absolute atomic E-state index is 6.47. The largest absolute Gasteiger partial charge is 0.373 e. The van der Waals surface area contributed by atoms with Gasteiger partial charge in [-0.1, -0.05) is 39.0 Å². The molecule has 2 rings (SSSR count). The van der Waals surface area contributed by atoms with E-state index in [4.69, 9.17) is 4.74 Å². The van der Waals surface area contributed by atoms with Crippen molar-refractivity contribution < 1.29 is 4.74 Å².